The highest BCUT2D eigenvalue weighted by atomic mass is 35.5. The number of piperazine rings is 1. The number of amides is 3. The van der Waals surface area contributed by atoms with Gasteiger partial charge in [0.25, 0.3) is 5.91 Å². The van der Waals surface area contributed by atoms with Crippen LogP contribution in [-0.2, 0) is 27.3 Å². The summed E-state index contributed by atoms with van der Waals surface area (Å²) in [6, 6.07) is 14.9. The van der Waals surface area contributed by atoms with Crippen LogP contribution in [0.2, 0.25) is 10.0 Å². The SMILES string of the molecule is COCCN(CC(=O)Nc1nc(CC(=O)N2CCN(Cc3ccccc3)CC2)cs1)C(=O)c1ccc(Cl)c(Cl)c1. The Bertz CT molecular complexity index is 1320. The Morgan fingerprint density at radius 3 is 2.50 bits per heavy atom. The molecule has 3 aromatic rings. The van der Waals surface area contributed by atoms with E-state index >= 15 is 0 Å². The fourth-order valence-corrected chi connectivity index (χ4v) is 5.33. The average Bonchev–Trinajstić information content (AvgIpc) is 3.39. The molecule has 4 rings (SSSR count). The van der Waals surface area contributed by atoms with E-state index in [-0.39, 0.29) is 43.0 Å². The highest BCUT2D eigenvalue weighted by Gasteiger charge is 2.23. The zero-order valence-corrected chi connectivity index (χ0v) is 24.5. The number of halogens is 2. The third-order valence-electron chi connectivity index (χ3n) is 6.46. The molecular weight excluding hydrogens is 573 g/mol. The molecule has 1 aromatic heterocycles. The van der Waals surface area contributed by atoms with Crippen molar-refractivity contribution in [1.29, 1.82) is 0 Å². The maximum absolute atomic E-state index is 13.0. The van der Waals surface area contributed by atoms with E-state index in [9.17, 15) is 14.4 Å². The molecule has 0 saturated carbocycles. The molecule has 1 aliphatic rings. The first-order valence-corrected chi connectivity index (χ1v) is 14.5. The summed E-state index contributed by atoms with van der Waals surface area (Å²) < 4.78 is 5.10. The van der Waals surface area contributed by atoms with Crippen molar-refractivity contribution in [3.8, 4) is 0 Å². The van der Waals surface area contributed by atoms with Crippen molar-refractivity contribution in [2.75, 3.05) is 58.3 Å². The van der Waals surface area contributed by atoms with Crippen molar-refractivity contribution >= 4 is 57.4 Å². The Hall–Kier alpha value is -3.02. The molecule has 0 spiro atoms. The number of nitrogens with zero attached hydrogens (tertiary/aromatic N) is 4. The van der Waals surface area contributed by atoms with Crippen LogP contribution in [0.3, 0.4) is 0 Å². The van der Waals surface area contributed by atoms with Gasteiger partial charge < -0.3 is 19.9 Å². The number of aromatic nitrogens is 1. The van der Waals surface area contributed by atoms with Gasteiger partial charge in [-0.2, -0.15) is 0 Å². The minimum atomic E-state index is -0.411. The molecule has 40 heavy (non-hydrogen) atoms. The van der Waals surface area contributed by atoms with Gasteiger partial charge in [0.1, 0.15) is 6.54 Å². The highest BCUT2D eigenvalue weighted by molar-refractivity contribution is 7.13. The quantitative estimate of drug-likeness (QED) is 0.355. The minimum Gasteiger partial charge on any atom is -0.383 e. The molecule has 0 radical (unpaired) electrons. The van der Waals surface area contributed by atoms with Crippen LogP contribution in [0.4, 0.5) is 5.13 Å². The number of ether oxygens (including phenoxy) is 1. The van der Waals surface area contributed by atoms with E-state index in [2.05, 4.69) is 27.3 Å². The van der Waals surface area contributed by atoms with E-state index in [1.165, 1.54) is 41.0 Å². The Morgan fingerprint density at radius 1 is 1.05 bits per heavy atom. The molecule has 0 atom stereocenters. The number of anilines is 1. The largest absolute Gasteiger partial charge is 0.383 e. The van der Waals surface area contributed by atoms with E-state index in [1.54, 1.807) is 11.4 Å². The molecule has 1 fully saturated rings. The molecule has 0 aliphatic carbocycles. The summed E-state index contributed by atoms with van der Waals surface area (Å²) in [4.78, 5) is 48.7. The summed E-state index contributed by atoms with van der Waals surface area (Å²) in [5.74, 6) is -0.771. The number of nitrogens with one attached hydrogen (secondary N) is 1. The fraction of sp³-hybridized carbons (Fsp3) is 0.357. The third-order valence-corrected chi connectivity index (χ3v) is 8.00. The number of carbonyl (C=O) groups excluding carboxylic acids is 3. The summed E-state index contributed by atoms with van der Waals surface area (Å²) >= 11 is 13.3. The maximum atomic E-state index is 13.0. The lowest BCUT2D eigenvalue weighted by atomic mass is 10.2. The monoisotopic (exact) mass is 603 g/mol. The second-order valence-electron chi connectivity index (χ2n) is 9.36. The first-order valence-electron chi connectivity index (χ1n) is 12.8. The van der Waals surface area contributed by atoms with Gasteiger partial charge in [0, 0.05) is 57.3 Å². The third kappa shape index (κ3) is 8.49. The molecule has 212 valence electrons. The predicted octanol–water partition coefficient (Wildman–Crippen LogP) is 4.06. The second-order valence-corrected chi connectivity index (χ2v) is 11.0. The smallest absolute Gasteiger partial charge is 0.254 e. The molecule has 1 N–H and O–H groups in total. The molecule has 2 aromatic carbocycles. The number of hydrogen-bond acceptors (Lipinski definition) is 7. The predicted molar refractivity (Wildman–Crippen MR) is 157 cm³/mol. The van der Waals surface area contributed by atoms with Crippen molar-refractivity contribution < 1.29 is 19.1 Å². The van der Waals surface area contributed by atoms with Gasteiger partial charge in [0.2, 0.25) is 11.8 Å². The van der Waals surface area contributed by atoms with E-state index < -0.39 is 5.91 Å². The van der Waals surface area contributed by atoms with Gasteiger partial charge in [-0.05, 0) is 23.8 Å². The van der Waals surface area contributed by atoms with E-state index in [4.69, 9.17) is 27.9 Å². The molecule has 12 heteroatoms. The van der Waals surface area contributed by atoms with Crippen LogP contribution in [0.5, 0.6) is 0 Å². The van der Waals surface area contributed by atoms with Crippen molar-refractivity contribution in [1.82, 2.24) is 19.7 Å². The van der Waals surface area contributed by atoms with Crippen LogP contribution in [-0.4, -0.2) is 90.4 Å². The van der Waals surface area contributed by atoms with Gasteiger partial charge in [0.05, 0.1) is 28.8 Å². The number of rotatable bonds is 11. The Labute approximate surface area is 247 Å². The zero-order valence-electron chi connectivity index (χ0n) is 22.1. The molecule has 0 bridgehead atoms. The van der Waals surface area contributed by atoms with Crippen molar-refractivity contribution in [3.05, 3.63) is 80.8 Å². The topological polar surface area (TPSA) is 95.1 Å². The molecule has 2 heterocycles. The first-order chi connectivity index (χ1) is 19.3. The van der Waals surface area contributed by atoms with Crippen molar-refractivity contribution in [2.24, 2.45) is 0 Å². The van der Waals surface area contributed by atoms with E-state index in [0.717, 1.165) is 19.6 Å². The Morgan fingerprint density at radius 2 is 1.80 bits per heavy atom. The van der Waals surface area contributed by atoms with Gasteiger partial charge in [-0.15, -0.1) is 11.3 Å². The van der Waals surface area contributed by atoms with Crippen LogP contribution < -0.4 is 5.32 Å². The molecular formula is C28H31Cl2N5O4S. The van der Waals surface area contributed by atoms with Crippen molar-refractivity contribution in [3.63, 3.8) is 0 Å². The first kappa shape index (κ1) is 30.0. The average molecular weight is 605 g/mol. The van der Waals surface area contributed by atoms with E-state index in [0.29, 0.717) is 34.5 Å². The highest BCUT2D eigenvalue weighted by Crippen LogP contribution is 2.23. The van der Waals surface area contributed by atoms with Gasteiger partial charge in [-0.1, -0.05) is 53.5 Å². The van der Waals surface area contributed by atoms with Crippen LogP contribution in [0.15, 0.2) is 53.9 Å². The molecule has 3 amide bonds. The van der Waals surface area contributed by atoms with Crippen LogP contribution in [0.1, 0.15) is 21.6 Å². The van der Waals surface area contributed by atoms with Gasteiger partial charge in [-0.25, -0.2) is 4.98 Å². The van der Waals surface area contributed by atoms with Gasteiger partial charge in [0.15, 0.2) is 5.13 Å². The standard InChI is InChI=1S/C28H31Cl2N5O4S/c1-39-14-13-35(27(38)21-7-8-23(29)24(30)15-21)18-25(36)32-28-31-22(19-40-28)16-26(37)34-11-9-33(10-12-34)17-20-5-3-2-4-6-20/h2-8,15,19H,9-14,16-18H2,1H3,(H,31,32,36). The number of methoxy groups -OCH3 is 1. The number of thiazole rings is 1. The van der Waals surface area contributed by atoms with E-state index in [1.807, 2.05) is 23.1 Å². The van der Waals surface area contributed by atoms with Crippen molar-refractivity contribution in [2.45, 2.75) is 13.0 Å². The summed E-state index contributed by atoms with van der Waals surface area (Å²) in [5.41, 5.74) is 2.18. The normalized spacial score (nSPS) is 13.7. The molecule has 1 aliphatic heterocycles. The Balaban J connectivity index is 1.27. The summed E-state index contributed by atoms with van der Waals surface area (Å²) in [7, 11) is 1.52. The van der Waals surface area contributed by atoms with Gasteiger partial charge >= 0.3 is 0 Å². The number of carbonyl (C=O) groups is 3. The summed E-state index contributed by atoms with van der Waals surface area (Å²) in [5, 5.41) is 5.46. The maximum Gasteiger partial charge on any atom is 0.254 e. The van der Waals surface area contributed by atoms with Gasteiger partial charge in [-0.3, -0.25) is 19.3 Å². The number of benzene rings is 2. The zero-order chi connectivity index (χ0) is 28.5. The Kier molecular flexibility index (Phi) is 10.9. The lowest BCUT2D eigenvalue weighted by molar-refractivity contribution is -0.132. The van der Waals surface area contributed by atoms with Crippen LogP contribution in [0.25, 0.3) is 0 Å². The lowest BCUT2D eigenvalue weighted by Gasteiger charge is -2.34. The fourth-order valence-electron chi connectivity index (χ4n) is 4.31. The minimum absolute atomic E-state index is 0.0144. The van der Waals surface area contributed by atoms with Crippen LogP contribution >= 0.6 is 34.5 Å². The second kappa shape index (κ2) is 14.6. The molecule has 9 nitrogen and oxygen atoms in total. The summed E-state index contributed by atoms with van der Waals surface area (Å²) in [6.45, 7) is 4.11. The summed E-state index contributed by atoms with van der Waals surface area (Å²) in [6.07, 6.45) is 0.167. The molecule has 0 unspecified atom stereocenters. The number of hydrogen-bond donors (Lipinski definition) is 1. The van der Waals surface area contributed by atoms with Crippen LogP contribution in [0, 0.1) is 0 Å². The molecule has 1 saturated heterocycles. The lowest BCUT2D eigenvalue weighted by Crippen LogP contribution is -2.48.